The molecule has 2 aromatic carbocycles. The third kappa shape index (κ3) is 4.83. The number of nitrogens with one attached hydrogen (secondary N) is 1. The molecule has 0 bridgehead atoms. The van der Waals surface area contributed by atoms with E-state index in [1.54, 1.807) is 12.1 Å². The Morgan fingerprint density at radius 2 is 1.93 bits per heavy atom. The zero-order chi connectivity index (χ0) is 20.0. The Morgan fingerprint density at radius 1 is 1.26 bits per heavy atom. The van der Waals surface area contributed by atoms with Crippen LogP contribution in [0.2, 0.25) is 0 Å². The largest absolute Gasteiger partial charge is 0.496 e. The van der Waals surface area contributed by atoms with Gasteiger partial charge in [0.1, 0.15) is 23.1 Å². The quantitative estimate of drug-likeness (QED) is 0.364. The van der Waals surface area contributed by atoms with Crippen molar-refractivity contribution in [3.05, 3.63) is 63.7 Å². The first kappa shape index (κ1) is 19.5. The lowest BCUT2D eigenvalue weighted by Gasteiger charge is -2.12. The van der Waals surface area contributed by atoms with Crippen molar-refractivity contribution in [3.63, 3.8) is 0 Å². The number of carbonyl (C=O) groups excluding carboxylic acids is 1. The molecular weight excluding hydrogens is 348 g/mol. The molecule has 0 saturated carbocycles. The molecule has 0 saturated heterocycles. The second-order valence-corrected chi connectivity index (χ2v) is 5.75. The minimum absolute atomic E-state index is 0.0186. The predicted molar refractivity (Wildman–Crippen MR) is 103 cm³/mol. The number of amides is 1. The summed E-state index contributed by atoms with van der Waals surface area (Å²) in [6.07, 6.45) is 1.42. The fraction of sp³-hybridized carbons (Fsp3) is 0.158. The molecule has 0 spiro atoms. The molecule has 0 aliphatic heterocycles. The van der Waals surface area contributed by atoms with Gasteiger partial charge in [-0.15, -0.1) is 0 Å². The van der Waals surface area contributed by atoms with Crippen LogP contribution < -0.4 is 15.0 Å². The molecule has 0 unspecified atom stereocenters. The molecule has 138 valence electrons. The molecule has 0 aliphatic rings. The van der Waals surface area contributed by atoms with Gasteiger partial charge in [0.25, 0.3) is 11.6 Å². The highest BCUT2D eigenvalue weighted by atomic mass is 16.6. The van der Waals surface area contributed by atoms with Crippen LogP contribution in [0.4, 0.5) is 17.1 Å². The number of methoxy groups -OCH3 is 1. The Bertz CT molecular complexity index is 928. The Labute approximate surface area is 156 Å². The molecule has 0 heterocycles. The summed E-state index contributed by atoms with van der Waals surface area (Å²) >= 11 is 0. The fourth-order valence-electron chi connectivity index (χ4n) is 2.27. The van der Waals surface area contributed by atoms with E-state index < -0.39 is 10.8 Å². The van der Waals surface area contributed by atoms with E-state index >= 15 is 0 Å². The average Bonchev–Trinajstić information content (AvgIpc) is 2.66. The van der Waals surface area contributed by atoms with Gasteiger partial charge in [-0.05, 0) is 35.9 Å². The number of nitro benzene ring substituents is 1. The third-order valence-electron chi connectivity index (χ3n) is 3.74. The molecule has 2 rings (SSSR count). The van der Waals surface area contributed by atoms with Crippen molar-refractivity contribution in [3.8, 4) is 11.8 Å². The molecule has 0 radical (unpaired) electrons. The number of carbonyl (C=O) groups is 1. The molecule has 1 amide bonds. The number of hydrogen-bond donors (Lipinski definition) is 1. The predicted octanol–water partition coefficient (Wildman–Crippen LogP) is 3.22. The molecular formula is C19H18N4O4. The van der Waals surface area contributed by atoms with Crippen LogP contribution in [-0.2, 0) is 4.79 Å². The molecule has 0 fully saturated rings. The van der Waals surface area contributed by atoms with Crippen LogP contribution in [0.1, 0.15) is 5.56 Å². The van der Waals surface area contributed by atoms with Gasteiger partial charge < -0.3 is 15.0 Å². The maximum Gasteiger partial charge on any atom is 0.296 e. The average molecular weight is 366 g/mol. The number of nitro groups is 1. The van der Waals surface area contributed by atoms with Crippen LogP contribution in [0.3, 0.4) is 0 Å². The summed E-state index contributed by atoms with van der Waals surface area (Å²) in [6.45, 7) is 0. The molecule has 8 nitrogen and oxygen atoms in total. The topological polar surface area (TPSA) is 108 Å². The zero-order valence-electron chi connectivity index (χ0n) is 15.1. The number of benzene rings is 2. The summed E-state index contributed by atoms with van der Waals surface area (Å²) in [6, 6.07) is 13.1. The van der Waals surface area contributed by atoms with E-state index in [1.807, 2.05) is 37.2 Å². The summed E-state index contributed by atoms with van der Waals surface area (Å²) in [4.78, 5) is 24.9. The summed E-state index contributed by atoms with van der Waals surface area (Å²) in [5.74, 6) is -0.445. The fourth-order valence-corrected chi connectivity index (χ4v) is 2.27. The lowest BCUT2D eigenvalue weighted by molar-refractivity contribution is -0.384. The maximum absolute atomic E-state index is 12.4. The van der Waals surface area contributed by atoms with Gasteiger partial charge in [0, 0.05) is 19.8 Å². The van der Waals surface area contributed by atoms with Gasteiger partial charge in [0.15, 0.2) is 0 Å². The van der Waals surface area contributed by atoms with Gasteiger partial charge in [-0.2, -0.15) is 5.26 Å². The number of rotatable bonds is 6. The molecule has 0 aromatic heterocycles. The van der Waals surface area contributed by atoms with E-state index in [0.29, 0.717) is 5.56 Å². The Kier molecular flexibility index (Phi) is 6.12. The van der Waals surface area contributed by atoms with Crippen molar-refractivity contribution < 1.29 is 14.5 Å². The number of ether oxygens (including phenoxy) is 1. The Morgan fingerprint density at radius 3 is 2.44 bits per heavy atom. The summed E-state index contributed by atoms with van der Waals surface area (Å²) in [5.41, 5.74) is 1.13. The first-order chi connectivity index (χ1) is 12.8. The standard InChI is InChI=1S/C19H18N4O4/c1-22(2)15-6-4-13(5-7-15)10-14(12-20)19(24)21-17-9-8-16(27-3)11-18(17)23(25)26/h4-11H,1-3H3,(H,21,24)/b14-10+. The van der Waals surface area contributed by atoms with Crippen LogP contribution in [0.25, 0.3) is 6.08 Å². The van der Waals surface area contributed by atoms with Crippen molar-refractivity contribution in [1.82, 2.24) is 0 Å². The SMILES string of the molecule is COc1ccc(NC(=O)/C(C#N)=C/c2ccc(N(C)C)cc2)c([N+](=O)[O-])c1. The lowest BCUT2D eigenvalue weighted by Crippen LogP contribution is -2.14. The van der Waals surface area contributed by atoms with Crippen molar-refractivity contribution in [2.45, 2.75) is 0 Å². The zero-order valence-corrected chi connectivity index (χ0v) is 15.1. The smallest absolute Gasteiger partial charge is 0.296 e. The van der Waals surface area contributed by atoms with Crippen molar-refractivity contribution >= 4 is 29.0 Å². The molecule has 1 N–H and O–H groups in total. The van der Waals surface area contributed by atoms with E-state index in [4.69, 9.17) is 4.74 Å². The van der Waals surface area contributed by atoms with Gasteiger partial charge in [-0.1, -0.05) is 12.1 Å². The number of nitriles is 1. The minimum atomic E-state index is -0.734. The first-order valence-corrected chi connectivity index (χ1v) is 7.88. The van der Waals surface area contributed by atoms with Crippen molar-refractivity contribution in [2.75, 3.05) is 31.4 Å². The van der Waals surface area contributed by atoms with Gasteiger partial charge >= 0.3 is 0 Å². The monoisotopic (exact) mass is 366 g/mol. The molecule has 0 atom stereocenters. The van der Waals surface area contributed by atoms with Gasteiger partial charge in [0.05, 0.1) is 18.1 Å². The van der Waals surface area contributed by atoms with E-state index in [0.717, 1.165) is 5.69 Å². The second kappa shape index (κ2) is 8.49. The van der Waals surface area contributed by atoms with Crippen molar-refractivity contribution in [1.29, 1.82) is 5.26 Å². The van der Waals surface area contributed by atoms with E-state index in [9.17, 15) is 20.2 Å². The van der Waals surface area contributed by atoms with E-state index in [1.165, 1.54) is 31.4 Å². The van der Waals surface area contributed by atoms with Gasteiger partial charge in [0.2, 0.25) is 0 Å². The lowest BCUT2D eigenvalue weighted by atomic mass is 10.1. The first-order valence-electron chi connectivity index (χ1n) is 7.88. The Balaban J connectivity index is 2.27. The number of hydrogen-bond acceptors (Lipinski definition) is 6. The number of anilines is 2. The van der Waals surface area contributed by atoms with Gasteiger partial charge in [-0.3, -0.25) is 14.9 Å². The maximum atomic E-state index is 12.4. The second-order valence-electron chi connectivity index (χ2n) is 5.75. The van der Waals surface area contributed by atoms with Crippen LogP contribution >= 0.6 is 0 Å². The van der Waals surface area contributed by atoms with Crippen molar-refractivity contribution in [2.24, 2.45) is 0 Å². The summed E-state index contributed by atoms with van der Waals surface area (Å²) in [5, 5.41) is 22.9. The molecule has 27 heavy (non-hydrogen) atoms. The molecule has 0 aliphatic carbocycles. The third-order valence-corrected chi connectivity index (χ3v) is 3.74. The summed E-state index contributed by atoms with van der Waals surface area (Å²) in [7, 11) is 5.19. The normalized spacial score (nSPS) is 10.7. The highest BCUT2D eigenvalue weighted by molar-refractivity contribution is 6.10. The Hall–Kier alpha value is -3.86. The highest BCUT2D eigenvalue weighted by Gasteiger charge is 2.19. The molecule has 8 heteroatoms. The highest BCUT2D eigenvalue weighted by Crippen LogP contribution is 2.29. The van der Waals surface area contributed by atoms with Crippen LogP contribution in [-0.4, -0.2) is 32.0 Å². The number of nitrogens with zero attached hydrogens (tertiary/aromatic N) is 3. The summed E-state index contributed by atoms with van der Waals surface area (Å²) < 4.78 is 4.95. The van der Waals surface area contributed by atoms with E-state index in [-0.39, 0.29) is 22.7 Å². The van der Waals surface area contributed by atoms with E-state index in [2.05, 4.69) is 5.32 Å². The van der Waals surface area contributed by atoms with Crippen LogP contribution in [0.5, 0.6) is 5.75 Å². The minimum Gasteiger partial charge on any atom is -0.496 e. The molecule has 2 aromatic rings. The van der Waals surface area contributed by atoms with Crippen LogP contribution in [0, 0.1) is 21.4 Å². The van der Waals surface area contributed by atoms with Crippen LogP contribution in [0.15, 0.2) is 48.0 Å². The van der Waals surface area contributed by atoms with Gasteiger partial charge in [-0.25, -0.2) is 0 Å².